The van der Waals surface area contributed by atoms with Gasteiger partial charge in [0.15, 0.2) is 0 Å². The Bertz CT molecular complexity index is 438. The van der Waals surface area contributed by atoms with Gasteiger partial charge < -0.3 is 9.84 Å². The molecule has 1 aromatic carbocycles. The summed E-state index contributed by atoms with van der Waals surface area (Å²) in [4.78, 5) is 10.4. The molecule has 1 N–H and O–H groups in total. The molecule has 0 saturated heterocycles. The topological polar surface area (TPSA) is 46.5 Å². The lowest BCUT2D eigenvalue weighted by Gasteiger charge is -2.08. The van der Waals surface area contributed by atoms with Crippen LogP contribution in [0.5, 0.6) is 5.75 Å². The van der Waals surface area contributed by atoms with Crippen molar-refractivity contribution in [1.29, 1.82) is 0 Å². The molecule has 3 nitrogen and oxygen atoms in total. The molecule has 0 aliphatic carbocycles. The minimum atomic E-state index is -2.91. The summed E-state index contributed by atoms with van der Waals surface area (Å²) in [5.74, 6) is -1.12. The molecule has 0 aromatic heterocycles. The highest BCUT2D eigenvalue weighted by molar-refractivity contribution is 9.11. The highest BCUT2D eigenvalue weighted by atomic mass is 79.9. The zero-order chi connectivity index (χ0) is 13.0. The third-order valence-electron chi connectivity index (χ3n) is 1.67. The predicted octanol–water partition coefficient (Wildman–Crippen LogP) is 3.91. The number of halogens is 4. The Hall–Kier alpha value is -0.950. The summed E-state index contributed by atoms with van der Waals surface area (Å²) in [5, 5.41) is 8.49. The maximum atomic E-state index is 12.0. The van der Waals surface area contributed by atoms with Crippen LogP contribution in [0.25, 0.3) is 6.08 Å². The number of ether oxygens (including phenoxy) is 1. The van der Waals surface area contributed by atoms with Gasteiger partial charge in [-0.15, -0.1) is 0 Å². The van der Waals surface area contributed by atoms with Crippen LogP contribution >= 0.6 is 31.9 Å². The molecule has 7 heteroatoms. The highest BCUT2D eigenvalue weighted by Crippen LogP contribution is 2.32. The van der Waals surface area contributed by atoms with Crippen molar-refractivity contribution in [1.82, 2.24) is 0 Å². The first-order valence-electron chi connectivity index (χ1n) is 4.25. The van der Waals surface area contributed by atoms with Crippen molar-refractivity contribution in [2.75, 3.05) is 0 Å². The Kier molecular flexibility index (Phi) is 5.07. The largest absolute Gasteiger partial charge is 0.478 e. The molecular weight excluding hydrogens is 366 g/mol. The summed E-state index contributed by atoms with van der Waals surface area (Å²) >= 11 is 6.28. The van der Waals surface area contributed by atoms with E-state index >= 15 is 0 Å². The molecule has 0 fully saturated rings. The number of carboxylic acids is 1. The first-order chi connectivity index (χ1) is 7.90. The van der Waals surface area contributed by atoms with E-state index in [1.807, 2.05) is 0 Å². The number of alkyl halides is 2. The molecule has 0 unspecified atom stereocenters. The molecule has 0 saturated carbocycles. The molecule has 0 aliphatic rings. The molecule has 0 atom stereocenters. The molecule has 1 rings (SSSR count). The lowest BCUT2D eigenvalue weighted by Crippen LogP contribution is -2.02. The predicted molar refractivity (Wildman–Crippen MR) is 65.1 cm³/mol. The van der Waals surface area contributed by atoms with Crippen LogP contribution in [0.3, 0.4) is 0 Å². The molecule has 92 valence electrons. The van der Waals surface area contributed by atoms with Gasteiger partial charge in [-0.2, -0.15) is 8.78 Å². The van der Waals surface area contributed by atoms with E-state index in [-0.39, 0.29) is 5.75 Å². The highest BCUT2D eigenvalue weighted by Gasteiger charge is 2.10. The lowest BCUT2D eigenvalue weighted by atomic mass is 10.2. The quantitative estimate of drug-likeness (QED) is 0.816. The van der Waals surface area contributed by atoms with E-state index in [0.29, 0.717) is 14.5 Å². The maximum absolute atomic E-state index is 12.0. The van der Waals surface area contributed by atoms with Crippen LogP contribution < -0.4 is 4.74 Å². The Morgan fingerprint density at radius 1 is 1.35 bits per heavy atom. The van der Waals surface area contributed by atoms with Gasteiger partial charge in [0.25, 0.3) is 0 Å². The van der Waals surface area contributed by atoms with E-state index in [9.17, 15) is 13.6 Å². The zero-order valence-electron chi connectivity index (χ0n) is 8.16. The minimum absolute atomic E-state index is 0.0220. The number of carbonyl (C=O) groups is 1. The van der Waals surface area contributed by atoms with Gasteiger partial charge >= 0.3 is 12.6 Å². The van der Waals surface area contributed by atoms with Crippen LogP contribution in [-0.4, -0.2) is 17.7 Å². The van der Waals surface area contributed by atoms with Gasteiger partial charge in [-0.1, -0.05) is 0 Å². The average Bonchev–Trinajstić information content (AvgIpc) is 2.14. The van der Waals surface area contributed by atoms with Crippen molar-refractivity contribution in [3.8, 4) is 5.75 Å². The number of aliphatic carboxylic acids is 1. The van der Waals surface area contributed by atoms with E-state index in [2.05, 4.69) is 36.6 Å². The smallest absolute Gasteiger partial charge is 0.387 e. The zero-order valence-corrected chi connectivity index (χ0v) is 11.3. The average molecular weight is 372 g/mol. The third kappa shape index (κ3) is 4.43. The van der Waals surface area contributed by atoms with Crippen molar-refractivity contribution in [3.63, 3.8) is 0 Å². The fourth-order valence-corrected chi connectivity index (χ4v) is 2.45. The van der Waals surface area contributed by atoms with Crippen LogP contribution in [-0.2, 0) is 4.79 Å². The van der Waals surface area contributed by atoms with E-state index in [1.54, 1.807) is 0 Å². The standard InChI is InChI=1S/C10H6Br2F2O3/c11-7-3-5(17-10(13)14)4-8(12)6(7)1-2-9(15)16/h1-4,10H,(H,15,16)/b2-1+. The number of carboxylic acid groups (broad SMARTS) is 1. The number of rotatable bonds is 4. The summed E-state index contributed by atoms with van der Waals surface area (Å²) in [6.45, 7) is -2.91. The Morgan fingerprint density at radius 2 is 1.88 bits per heavy atom. The normalized spacial score (nSPS) is 11.1. The first-order valence-corrected chi connectivity index (χ1v) is 5.83. The van der Waals surface area contributed by atoms with E-state index in [4.69, 9.17) is 5.11 Å². The van der Waals surface area contributed by atoms with Crippen molar-refractivity contribution in [2.24, 2.45) is 0 Å². The Morgan fingerprint density at radius 3 is 2.29 bits per heavy atom. The van der Waals surface area contributed by atoms with Gasteiger partial charge in [-0.3, -0.25) is 0 Å². The van der Waals surface area contributed by atoms with Gasteiger partial charge in [-0.25, -0.2) is 4.79 Å². The third-order valence-corrected chi connectivity index (χ3v) is 2.98. The molecule has 0 heterocycles. The Labute approximate surface area is 112 Å². The van der Waals surface area contributed by atoms with E-state index in [0.717, 1.165) is 6.08 Å². The summed E-state index contributed by atoms with van der Waals surface area (Å²) in [6, 6.07) is 2.66. The molecule has 0 amide bonds. The van der Waals surface area contributed by atoms with Gasteiger partial charge in [-0.05, 0) is 50.1 Å². The number of benzene rings is 1. The second-order valence-corrected chi connectivity index (χ2v) is 4.56. The van der Waals surface area contributed by atoms with Gasteiger partial charge in [0.05, 0.1) is 0 Å². The molecular formula is C10H6Br2F2O3. The SMILES string of the molecule is O=C(O)/C=C/c1c(Br)cc(OC(F)F)cc1Br. The molecule has 0 spiro atoms. The number of hydrogen-bond donors (Lipinski definition) is 1. The van der Waals surface area contributed by atoms with Crippen LogP contribution in [0.15, 0.2) is 27.2 Å². The fraction of sp³-hybridized carbons (Fsp3) is 0.100. The molecule has 17 heavy (non-hydrogen) atoms. The van der Waals surface area contributed by atoms with E-state index < -0.39 is 12.6 Å². The second kappa shape index (κ2) is 6.11. The van der Waals surface area contributed by atoms with Crippen molar-refractivity contribution >= 4 is 43.9 Å². The van der Waals surface area contributed by atoms with Crippen molar-refractivity contribution in [2.45, 2.75) is 6.61 Å². The molecule has 0 aliphatic heterocycles. The van der Waals surface area contributed by atoms with Crippen molar-refractivity contribution < 1.29 is 23.4 Å². The van der Waals surface area contributed by atoms with E-state index in [1.165, 1.54) is 18.2 Å². The van der Waals surface area contributed by atoms with Crippen LogP contribution in [0.1, 0.15) is 5.56 Å². The van der Waals surface area contributed by atoms with Crippen molar-refractivity contribution in [3.05, 3.63) is 32.7 Å². The maximum Gasteiger partial charge on any atom is 0.387 e. The number of hydrogen-bond acceptors (Lipinski definition) is 2. The second-order valence-electron chi connectivity index (χ2n) is 2.85. The lowest BCUT2D eigenvalue weighted by molar-refractivity contribution is -0.131. The Balaban J connectivity index is 3.06. The summed E-state index contributed by atoms with van der Waals surface area (Å²) in [6.07, 6.45) is 2.28. The summed E-state index contributed by atoms with van der Waals surface area (Å²) < 4.78 is 29.1. The molecule has 0 bridgehead atoms. The van der Waals surface area contributed by atoms with Gasteiger partial charge in [0, 0.05) is 20.6 Å². The minimum Gasteiger partial charge on any atom is -0.478 e. The molecule has 0 radical (unpaired) electrons. The molecule has 1 aromatic rings. The summed E-state index contributed by atoms with van der Waals surface area (Å²) in [7, 11) is 0. The summed E-state index contributed by atoms with van der Waals surface area (Å²) in [5.41, 5.74) is 0.522. The van der Waals surface area contributed by atoms with Crippen LogP contribution in [0.2, 0.25) is 0 Å². The fourth-order valence-electron chi connectivity index (χ4n) is 1.05. The van der Waals surface area contributed by atoms with Crippen LogP contribution in [0, 0.1) is 0 Å². The van der Waals surface area contributed by atoms with Gasteiger partial charge in [0.1, 0.15) is 5.75 Å². The van der Waals surface area contributed by atoms with Crippen LogP contribution in [0.4, 0.5) is 8.78 Å². The monoisotopic (exact) mass is 370 g/mol. The first kappa shape index (κ1) is 14.1. The van der Waals surface area contributed by atoms with Gasteiger partial charge in [0.2, 0.25) is 0 Å².